The SMILES string of the molecule is CCO.O=C(OF)C(F)(F)F. The second-order valence-corrected chi connectivity index (χ2v) is 1.18. The smallest absolute Gasteiger partial charge is 0.397 e. The molecule has 0 aliphatic carbocycles. The van der Waals surface area contributed by atoms with E-state index < -0.39 is 12.1 Å². The highest BCUT2D eigenvalue weighted by molar-refractivity contribution is 5.74. The van der Waals surface area contributed by atoms with Gasteiger partial charge in [0.25, 0.3) is 0 Å². The Balaban J connectivity index is 0. The van der Waals surface area contributed by atoms with Gasteiger partial charge >= 0.3 is 12.1 Å². The molecule has 0 bridgehead atoms. The van der Waals surface area contributed by atoms with E-state index in [1.54, 1.807) is 6.92 Å². The Morgan fingerprint density at radius 2 is 1.82 bits per heavy atom. The molecule has 0 aromatic carbocycles. The quantitative estimate of drug-likeness (QED) is 0.562. The molecule has 68 valence electrons. The van der Waals surface area contributed by atoms with Crippen LogP contribution in [0.25, 0.3) is 0 Å². The van der Waals surface area contributed by atoms with Crippen molar-refractivity contribution in [2.24, 2.45) is 0 Å². The van der Waals surface area contributed by atoms with Gasteiger partial charge in [-0.15, -0.1) is 0 Å². The monoisotopic (exact) mass is 178 g/mol. The summed E-state index contributed by atoms with van der Waals surface area (Å²) in [5.41, 5.74) is 0. The lowest BCUT2D eigenvalue weighted by atomic mass is 10.7. The third-order valence-electron chi connectivity index (χ3n) is 0.302. The molecule has 0 saturated heterocycles. The fourth-order valence-corrected chi connectivity index (χ4v) is 0.0437. The standard InChI is InChI=1S/C2F4O2.C2H6O/c3-2(4,5)1(7)8-6;1-2-3/h;3H,2H2,1H3. The summed E-state index contributed by atoms with van der Waals surface area (Å²) >= 11 is 0. The van der Waals surface area contributed by atoms with Crippen LogP contribution in [0.4, 0.5) is 17.7 Å². The molecule has 0 fully saturated rings. The maximum absolute atomic E-state index is 10.7. The normalized spacial score (nSPS) is 9.64. The third-order valence-corrected chi connectivity index (χ3v) is 0.302. The van der Waals surface area contributed by atoms with Crippen molar-refractivity contribution >= 4 is 5.97 Å². The maximum Gasteiger partial charge on any atom is 0.494 e. The summed E-state index contributed by atoms with van der Waals surface area (Å²) in [6.07, 6.45) is -5.23. The van der Waals surface area contributed by atoms with Crippen LogP contribution in [0, 0.1) is 0 Å². The molecule has 0 spiro atoms. The number of halogens is 4. The van der Waals surface area contributed by atoms with Crippen molar-refractivity contribution < 1.29 is 32.5 Å². The molecule has 0 heterocycles. The average molecular weight is 178 g/mol. The van der Waals surface area contributed by atoms with Gasteiger partial charge in [-0.3, -0.25) is 0 Å². The summed E-state index contributed by atoms with van der Waals surface area (Å²) in [6, 6.07) is 0. The first-order valence-electron chi connectivity index (χ1n) is 2.40. The summed E-state index contributed by atoms with van der Waals surface area (Å²) in [4.78, 5) is 11.0. The van der Waals surface area contributed by atoms with Crippen LogP contribution in [0.5, 0.6) is 0 Å². The van der Waals surface area contributed by atoms with E-state index in [0.717, 1.165) is 0 Å². The van der Waals surface area contributed by atoms with E-state index in [0.29, 0.717) is 0 Å². The molecule has 3 nitrogen and oxygen atoms in total. The molecular formula is C4H6F4O3. The number of alkyl halides is 3. The van der Waals surface area contributed by atoms with Crippen LogP contribution in [0.15, 0.2) is 0 Å². The zero-order chi connectivity index (χ0) is 9.49. The Labute approximate surface area is 59.5 Å². The van der Waals surface area contributed by atoms with Crippen LogP contribution in [-0.2, 0) is 9.74 Å². The van der Waals surface area contributed by atoms with E-state index in [4.69, 9.17) is 9.90 Å². The van der Waals surface area contributed by atoms with Crippen LogP contribution in [0.3, 0.4) is 0 Å². The second kappa shape index (κ2) is 5.90. The molecule has 0 aromatic heterocycles. The van der Waals surface area contributed by atoms with E-state index >= 15 is 0 Å². The summed E-state index contributed by atoms with van der Waals surface area (Å²) in [6.45, 7) is 1.93. The Hall–Kier alpha value is -0.850. The molecule has 1 N–H and O–H groups in total. The van der Waals surface area contributed by atoms with Gasteiger partial charge in [-0.25, -0.2) is 9.74 Å². The maximum atomic E-state index is 10.7. The van der Waals surface area contributed by atoms with Gasteiger partial charge in [-0.1, -0.05) is 0 Å². The van der Waals surface area contributed by atoms with Crippen molar-refractivity contribution in [1.29, 1.82) is 0 Å². The van der Waals surface area contributed by atoms with Crippen LogP contribution >= 0.6 is 0 Å². The Kier molecular flexibility index (Phi) is 6.86. The molecule has 0 radical (unpaired) electrons. The molecule has 0 aromatic rings. The van der Waals surface area contributed by atoms with Gasteiger partial charge in [0.15, 0.2) is 0 Å². The molecule has 0 aliphatic rings. The van der Waals surface area contributed by atoms with Crippen LogP contribution < -0.4 is 0 Å². The fraction of sp³-hybridized carbons (Fsp3) is 0.750. The highest BCUT2D eigenvalue weighted by Gasteiger charge is 2.42. The first kappa shape index (κ1) is 12.8. The third kappa shape index (κ3) is 9.15. The molecule has 11 heavy (non-hydrogen) atoms. The first-order chi connectivity index (χ1) is 4.90. The predicted octanol–water partition coefficient (Wildman–Crippen LogP) is 0.975. The minimum atomic E-state index is -5.23. The molecular weight excluding hydrogens is 172 g/mol. The Bertz CT molecular complexity index is 110. The molecule has 0 atom stereocenters. The molecule has 7 heteroatoms. The lowest BCUT2D eigenvalue weighted by Crippen LogP contribution is -2.22. The van der Waals surface area contributed by atoms with Gasteiger partial charge in [0.2, 0.25) is 0 Å². The summed E-state index contributed by atoms with van der Waals surface area (Å²) in [7, 11) is 0. The van der Waals surface area contributed by atoms with Gasteiger partial charge in [-0.2, -0.15) is 13.2 Å². The number of aliphatic hydroxyl groups is 1. The van der Waals surface area contributed by atoms with Crippen LogP contribution in [-0.4, -0.2) is 23.9 Å². The van der Waals surface area contributed by atoms with E-state index in [2.05, 4.69) is 0 Å². The van der Waals surface area contributed by atoms with Gasteiger partial charge in [0, 0.05) is 11.1 Å². The minimum Gasteiger partial charge on any atom is -0.397 e. The molecule has 0 unspecified atom stereocenters. The zero-order valence-electron chi connectivity index (χ0n) is 5.48. The van der Waals surface area contributed by atoms with E-state index in [1.165, 1.54) is 0 Å². The highest BCUT2D eigenvalue weighted by atomic mass is 19.4. The summed E-state index contributed by atoms with van der Waals surface area (Å²) in [5, 5.41) is 7.57. The van der Waals surface area contributed by atoms with Crippen molar-refractivity contribution in [1.82, 2.24) is 0 Å². The topological polar surface area (TPSA) is 46.5 Å². The molecule has 0 amide bonds. The van der Waals surface area contributed by atoms with Gasteiger partial charge in [0.05, 0.1) is 0 Å². The Morgan fingerprint density at radius 1 is 1.55 bits per heavy atom. The highest BCUT2D eigenvalue weighted by Crippen LogP contribution is 2.15. The number of aliphatic hydroxyl groups excluding tert-OH is 1. The number of carbonyl (C=O) groups is 1. The minimum absolute atomic E-state index is 0.250. The van der Waals surface area contributed by atoms with E-state index in [1.807, 2.05) is 4.94 Å². The fourth-order valence-electron chi connectivity index (χ4n) is 0.0437. The van der Waals surface area contributed by atoms with Crippen molar-refractivity contribution in [2.45, 2.75) is 13.1 Å². The first-order valence-corrected chi connectivity index (χ1v) is 2.40. The van der Waals surface area contributed by atoms with Gasteiger partial charge < -0.3 is 5.11 Å². The largest absolute Gasteiger partial charge is 0.494 e. The van der Waals surface area contributed by atoms with Crippen molar-refractivity contribution in [3.8, 4) is 0 Å². The zero-order valence-corrected chi connectivity index (χ0v) is 5.48. The number of hydrogen-bond acceptors (Lipinski definition) is 3. The molecule has 0 saturated carbocycles. The molecule has 0 rings (SSSR count). The Morgan fingerprint density at radius 3 is 1.82 bits per heavy atom. The van der Waals surface area contributed by atoms with Crippen molar-refractivity contribution in [2.75, 3.05) is 6.61 Å². The average Bonchev–Trinajstić information content (AvgIpc) is 1.86. The summed E-state index contributed by atoms with van der Waals surface area (Å²) in [5.74, 6) is -2.84. The van der Waals surface area contributed by atoms with Crippen molar-refractivity contribution in [3.05, 3.63) is 0 Å². The lowest BCUT2D eigenvalue weighted by molar-refractivity contribution is -0.234. The van der Waals surface area contributed by atoms with Crippen molar-refractivity contribution in [3.63, 3.8) is 0 Å². The second-order valence-electron chi connectivity index (χ2n) is 1.18. The van der Waals surface area contributed by atoms with Gasteiger partial charge in [-0.05, 0) is 6.92 Å². The van der Waals surface area contributed by atoms with E-state index in [9.17, 15) is 17.7 Å². The predicted molar refractivity (Wildman–Crippen MR) is 26.0 cm³/mol. The number of carbonyl (C=O) groups excluding carboxylic acids is 1. The van der Waals surface area contributed by atoms with E-state index in [-0.39, 0.29) is 6.61 Å². The molecule has 0 aliphatic heterocycles. The lowest BCUT2D eigenvalue weighted by Gasteiger charge is -1.95. The number of rotatable bonds is 0. The number of hydrogen-bond donors (Lipinski definition) is 1. The van der Waals surface area contributed by atoms with Crippen LogP contribution in [0.1, 0.15) is 6.92 Å². The summed E-state index contributed by atoms with van der Waals surface area (Å²) < 4.78 is 42.5. The van der Waals surface area contributed by atoms with Crippen LogP contribution in [0.2, 0.25) is 0 Å². The van der Waals surface area contributed by atoms with Gasteiger partial charge in [0.1, 0.15) is 0 Å².